The SMILES string of the molecule is O=C1NCCOCCCN(C(=O)Nc2ccccc2)C2CCCCC12. The molecule has 1 heterocycles. The van der Waals surface area contributed by atoms with Crippen molar-refractivity contribution in [3.8, 4) is 0 Å². The molecule has 136 valence electrons. The van der Waals surface area contributed by atoms with Crippen LogP contribution in [-0.2, 0) is 9.53 Å². The van der Waals surface area contributed by atoms with Crippen LogP contribution < -0.4 is 10.6 Å². The molecule has 2 N–H and O–H groups in total. The summed E-state index contributed by atoms with van der Waals surface area (Å²) in [5.41, 5.74) is 0.773. The van der Waals surface area contributed by atoms with Crippen molar-refractivity contribution in [1.29, 1.82) is 0 Å². The quantitative estimate of drug-likeness (QED) is 0.822. The van der Waals surface area contributed by atoms with Crippen molar-refractivity contribution < 1.29 is 14.3 Å². The number of nitrogens with zero attached hydrogens (tertiary/aromatic N) is 1. The zero-order valence-corrected chi connectivity index (χ0v) is 14.6. The predicted molar refractivity (Wildman–Crippen MR) is 96.4 cm³/mol. The Balaban J connectivity index is 1.78. The van der Waals surface area contributed by atoms with E-state index >= 15 is 0 Å². The molecule has 6 nitrogen and oxygen atoms in total. The van der Waals surface area contributed by atoms with Gasteiger partial charge in [0.25, 0.3) is 0 Å². The maximum Gasteiger partial charge on any atom is 0.322 e. The number of ether oxygens (including phenoxy) is 1. The summed E-state index contributed by atoms with van der Waals surface area (Å²) in [5, 5.41) is 5.94. The number of urea groups is 1. The maximum absolute atomic E-state index is 12.9. The lowest BCUT2D eigenvalue weighted by atomic mass is 9.82. The Morgan fingerprint density at radius 1 is 1.12 bits per heavy atom. The van der Waals surface area contributed by atoms with Gasteiger partial charge in [0, 0.05) is 31.4 Å². The highest BCUT2D eigenvalue weighted by Gasteiger charge is 2.37. The van der Waals surface area contributed by atoms with Gasteiger partial charge < -0.3 is 20.3 Å². The number of hydrogen-bond acceptors (Lipinski definition) is 3. The van der Waals surface area contributed by atoms with E-state index in [1.54, 1.807) is 0 Å². The van der Waals surface area contributed by atoms with Crippen molar-refractivity contribution in [2.45, 2.75) is 38.1 Å². The molecule has 0 spiro atoms. The van der Waals surface area contributed by atoms with Crippen LogP contribution in [0, 0.1) is 5.92 Å². The van der Waals surface area contributed by atoms with Crippen molar-refractivity contribution in [2.75, 3.05) is 31.6 Å². The van der Waals surface area contributed by atoms with Crippen LogP contribution in [0.1, 0.15) is 32.1 Å². The fourth-order valence-corrected chi connectivity index (χ4v) is 3.74. The molecule has 3 rings (SSSR count). The van der Waals surface area contributed by atoms with E-state index in [4.69, 9.17) is 4.74 Å². The molecule has 0 radical (unpaired) electrons. The second-order valence-corrected chi connectivity index (χ2v) is 6.70. The van der Waals surface area contributed by atoms with Crippen LogP contribution in [-0.4, -0.2) is 49.2 Å². The third-order valence-corrected chi connectivity index (χ3v) is 4.99. The molecule has 1 aromatic rings. The molecule has 1 aliphatic carbocycles. The summed E-state index contributed by atoms with van der Waals surface area (Å²) >= 11 is 0. The minimum atomic E-state index is -0.131. The number of carbonyl (C=O) groups is 2. The largest absolute Gasteiger partial charge is 0.380 e. The summed E-state index contributed by atoms with van der Waals surface area (Å²) in [4.78, 5) is 27.4. The Labute approximate surface area is 148 Å². The Kier molecular flexibility index (Phi) is 6.28. The standard InChI is InChI=1S/C19H27N3O3/c23-18-16-9-4-5-10-17(16)22(12-6-13-25-14-11-20-18)19(24)21-15-7-2-1-3-8-15/h1-3,7-8,16-17H,4-6,9-14H2,(H,20,23)(H,21,24). The first-order chi connectivity index (χ1) is 12.3. The van der Waals surface area contributed by atoms with Crippen molar-refractivity contribution in [3.05, 3.63) is 30.3 Å². The van der Waals surface area contributed by atoms with Crippen molar-refractivity contribution in [3.63, 3.8) is 0 Å². The lowest BCUT2D eigenvalue weighted by Gasteiger charge is -2.39. The highest BCUT2D eigenvalue weighted by Crippen LogP contribution is 2.29. The van der Waals surface area contributed by atoms with E-state index < -0.39 is 0 Å². The molecular weight excluding hydrogens is 318 g/mol. The van der Waals surface area contributed by atoms with E-state index in [1.807, 2.05) is 35.2 Å². The molecule has 0 bridgehead atoms. The summed E-state index contributed by atoms with van der Waals surface area (Å²) in [7, 11) is 0. The molecule has 2 aliphatic rings. The summed E-state index contributed by atoms with van der Waals surface area (Å²) in [6.45, 7) is 2.27. The average molecular weight is 345 g/mol. The Morgan fingerprint density at radius 2 is 1.92 bits per heavy atom. The van der Waals surface area contributed by atoms with E-state index in [0.717, 1.165) is 37.8 Å². The van der Waals surface area contributed by atoms with Crippen LogP contribution >= 0.6 is 0 Å². The molecule has 2 atom stereocenters. The van der Waals surface area contributed by atoms with Gasteiger partial charge in [0.1, 0.15) is 0 Å². The second-order valence-electron chi connectivity index (χ2n) is 6.70. The fourth-order valence-electron chi connectivity index (χ4n) is 3.74. The van der Waals surface area contributed by atoms with Gasteiger partial charge in [0.15, 0.2) is 0 Å². The molecule has 1 aliphatic heterocycles. The molecule has 6 heteroatoms. The second kappa shape index (κ2) is 8.85. The molecule has 3 amide bonds. The zero-order chi connectivity index (χ0) is 17.5. The molecule has 1 aromatic carbocycles. The maximum atomic E-state index is 12.9. The monoisotopic (exact) mass is 345 g/mol. The smallest absolute Gasteiger partial charge is 0.322 e. The summed E-state index contributed by atoms with van der Waals surface area (Å²) in [6.07, 6.45) is 4.59. The first kappa shape index (κ1) is 17.7. The van der Waals surface area contributed by atoms with Crippen molar-refractivity contribution in [1.82, 2.24) is 10.2 Å². The van der Waals surface area contributed by atoms with Gasteiger partial charge in [0.2, 0.25) is 5.91 Å². The molecule has 1 saturated heterocycles. The molecule has 2 fully saturated rings. The normalized spacial score (nSPS) is 25.3. The topological polar surface area (TPSA) is 70.7 Å². The third kappa shape index (κ3) is 4.72. The number of nitrogens with one attached hydrogen (secondary N) is 2. The third-order valence-electron chi connectivity index (χ3n) is 4.99. The molecule has 1 saturated carbocycles. The Hall–Kier alpha value is -2.08. The van der Waals surface area contributed by atoms with E-state index in [-0.39, 0.29) is 23.9 Å². The van der Waals surface area contributed by atoms with E-state index in [2.05, 4.69) is 10.6 Å². The van der Waals surface area contributed by atoms with Gasteiger partial charge in [-0.15, -0.1) is 0 Å². The minimum absolute atomic E-state index is 0.0458. The number of hydrogen-bond donors (Lipinski definition) is 2. The van der Waals surface area contributed by atoms with Crippen LogP contribution in [0.3, 0.4) is 0 Å². The highest BCUT2D eigenvalue weighted by molar-refractivity contribution is 5.90. The predicted octanol–water partition coefficient (Wildman–Crippen LogP) is 2.62. The van der Waals surface area contributed by atoms with E-state index in [9.17, 15) is 9.59 Å². The number of para-hydroxylation sites is 1. The number of fused-ring (bicyclic) bond motifs is 1. The van der Waals surface area contributed by atoms with Crippen LogP contribution in [0.4, 0.5) is 10.5 Å². The number of carbonyl (C=O) groups excluding carboxylic acids is 2. The molecule has 0 aromatic heterocycles. The number of amides is 3. The van der Waals surface area contributed by atoms with Crippen LogP contribution in [0.15, 0.2) is 30.3 Å². The Morgan fingerprint density at radius 3 is 2.76 bits per heavy atom. The number of anilines is 1. The minimum Gasteiger partial charge on any atom is -0.380 e. The van der Waals surface area contributed by atoms with Crippen molar-refractivity contribution in [2.24, 2.45) is 5.92 Å². The van der Waals surface area contributed by atoms with Gasteiger partial charge in [-0.25, -0.2) is 4.79 Å². The van der Waals surface area contributed by atoms with Gasteiger partial charge in [-0.05, 0) is 31.4 Å². The van der Waals surface area contributed by atoms with Gasteiger partial charge in [-0.1, -0.05) is 31.0 Å². The van der Waals surface area contributed by atoms with E-state index in [1.165, 1.54) is 0 Å². The number of benzene rings is 1. The van der Waals surface area contributed by atoms with Crippen molar-refractivity contribution >= 4 is 17.6 Å². The van der Waals surface area contributed by atoms with E-state index in [0.29, 0.717) is 26.3 Å². The fraction of sp³-hybridized carbons (Fsp3) is 0.579. The summed E-state index contributed by atoms with van der Waals surface area (Å²) in [5.74, 6) is -0.0823. The number of rotatable bonds is 1. The molecular formula is C19H27N3O3. The van der Waals surface area contributed by atoms with Gasteiger partial charge in [0.05, 0.1) is 12.5 Å². The molecule has 25 heavy (non-hydrogen) atoms. The first-order valence-electron chi connectivity index (χ1n) is 9.24. The Bertz CT molecular complexity index is 579. The van der Waals surface area contributed by atoms with Crippen LogP contribution in [0.5, 0.6) is 0 Å². The van der Waals surface area contributed by atoms with Crippen LogP contribution in [0.25, 0.3) is 0 Å². The summed E-state index contributed by atoms with van der Waals surface area (Å²) < 4.78 is 5.54. The van der Waals surface area contributed by atoms with Gasteiger partial charge in [-0.2, -0.15) is 0 Å². The lowest BCUT2D eigenvalue weighted by Crippen LogP contribution is -2.52. The highest BCUT2D eigenvalue weighted by atomic mass is 16.5. The van der Waals surface area contributed by atoms with Gasteiger partial charge >= 0.3 is 6.03 Å². The average Bonchev–Trinajstić information content (AvgIpc) is 2.67. The zero-order valence-electron chi connectivity index (χ0n) is 14.6. The molecule has 2 unspecified atom stereocenters. The first-order valence-corrected chi connectivity index (χ1v) is 9.24. The lowest BCUT2D eigenvalue weighted by molar-refractivity contribution is -0.128. The van der Waals surface area contributed by atoms with Gasteiger partial charge in [-0.3, -0.25) is 4.79 Å². The summed E-state index contributed by atoms with van der Waals surface area (Å²) in [6, 6.07) is 9.28. The van der Waals surface area contributed by atoms with Crippen LogP contribution in [0.2, 0.25) is 0 Å².